The second-order valence-electron chi connectivity index (χ2n) is 5.99. The Balaban J connectivity index is 1.65. The largest absolute Gasteiger partial charge is 0.349 e. The number of piperazine rings is 1. The van der Waals surface area contributed by atoms with E-state index < -0.39 is 17.5 Å². The van der Waals surface area contributed by atoms with Crippen LogP contribution in [-0.2, 0) is 12.8 Å². The molecule has 134 valence electrons. The van der Waals surface area contributed by atoms with E-state index in [2.05, 4.69) is 15.3 Å². The number of anilines is 1. The monoisotopic (exact) mass is 352 g/mol. The molecule has 3 rings (SSSR count). The van der Waals surface area contributed by atoms with Crippen molar-refractivity contribution in [3.05, 3.63) is 57.4 Å². The smallest absolute Gasteiger partial charge is 0.290 e. The fraction of sp³-hybridized carbons (Fsp3) is 0.412. The van der Waals surface area contributed by atoms with Crippen LogP contribution in [0.15, 0.2) is 23.1 Å². The van der Waals surface area contributed by atoms with Gasteiger partial charge in [-0.25, -0.2) is 18.2 Å². The van der Waals surface area contributed by atoms with Crippen molar-refractivity contribution in [2.45, 2.75) is 19.3 Å². The molecule has 8 heteroatoms. The molecule has 1 aliphatic rings. The molecule has 0 radical (unpaired) electrons. The van der Waals surface area contributed by atoms with Crippen LogP contribution in [0.2, 0.25) is 0 Å². The van der Waals surface area contributed by atoms with Crippen molar-refractivity contribution < 1.29 is 13.2 Å². The van der Waals surface area contributed by atoms with Crippen LogP contribution in [-0.4, -0.2) is 36.1 Å². The molecule has 0 atom stereocenters. The maximum atomic E-state index is 13.6. The van der Waals surface area contributed by atoms with E-state index in [1.54, 1.807) is 0 Å². The number of H-pyrrole nitrogens is 1. The highest BCUT2D eigenvalue weighted by Crippen LogP contribution is 2.16. The zero-order valence-corrected chi connectivity index (χ0v) is 13.6. The summed E-state index contributed by atoms with van der Waals surface area (Å²) in [4.78, 5) is 21.0. The van der Waals surface area contributed by atoms with Crippen LogP contribution in [0.5, 0.6) is 0 Å². The first kappa shape index (κ1) is 17.5. The normalized spacial score (nSPS) is 14.8. The second kappa shape index (κ2) is 7.69. The summed E-state index contributed by atoms with van der Waals surface area (Å²) in [7, 11) is 0. The van der Waals surface area contributed by atoms with Crippen LogP contribution in [0.3, 0.4) is 0 Å². The molecule has 2 aromatic rings. The molecular weight excluding hydrogens is 333 g/mol. The molecule has 0 aliphatic carbocycles. The Kier molecular flexibility index (Phi) is 5.37. The van der Waals surface area contributed by atoms with Gasteiger partial charge in [-0.1, -0.05) is 0 Å². The van der Waals surface area contributed by atoms with Crippen molar-refractivity contribution in [1.82, 2.24) is 15.3 Å². The van der Waals surface area contributed by atoms with Crippen LogP contribution in [0.25, 0.3) is 0 Å². The third kappa shape index (κ3) is 4.19. The Hall–Kier alpha value is -2.35. The molecular formula is C17H19F3N4O. The fourth-order valence-corrected chi connectivity index (χ4v) is 2.87. The maximum absolute atomic E-state index is 13.6. The molecule has 0 amide bonds. The van der Waals surface area contributed by atoms with Crippen LogP contribution in [0, 0.1) is 17.5 Å². The van der Waals surface area contributed by atoms with E-state index in [4.69, 9.17) is 0 Å². The van der Waals surface area contributed by atoms with Gasteiger partial charge < -0.3 is 15.2 Å². The van der Waals surface area contributed by atoms with Crippen LogP contribution in [0.1, 0.15) is 17.7 Å². The first-order chi connectivity index (χ1) is 12.0. The van der Waals surface area contributed by atoms with Gasteiger partial charge in [-0.05, 0) is 30.9 Å². The van der Waals surface area contributed by atoms with E-state index in [0.717, 1.165) is 19.2 Å². The Bertz CT molecular complexity index is 803. The molecule has 0 spiro atoms. The number of hydrogen-bond donors (Lipinski definition) is 2. The number of benzene rings is 1. The molecule has 1 aromatic heterocycles. The minimum atomic E-state index is -1.19. The lowest BCUT2D eigenvalue weighted by atomic mass is 10.1. The molecule has 0 saturated carbocycles. The van der Waals surface area contributed by atoms with Crippen molar-refractivity contribution in [3.8, 4) is 0 Å². The number of nitrogens with one attached hydrogen (secondary N) is 2. The van der Waals surface area contributed by atoms with Gasteiger partial charge in [0.25, 0.3) is 5.56 Å². The number of aromatic nitrogens is 2. The summed E-state index contributed by atoms with van der Waals surface area (Å²) in [6.45, 7) is 3.00. The van der Waals surface area contributed by atoms with Gasteiger partial charge >= 0.3 is 0 Å². The molecule has 2 N–H and O–H groups in total. The molecule has 1 aliphatic heterocycles. The molecule has 1 fully saturated rings. The summed E-state index contributed by atoms with van der Waals surface area (Å²) in [5.74, 6) is -2.61. The SMILES string of the molecule is O=c1[nH]cc(CCCc2cc(F)c(F)cc2F)nc1N1CCNCC1. The molecule has 5 nitrogen and oxygen atoms in total. The third-order valence-corrected chi connectivity index (χ3v) is 4.21. The summed E-state index contributed by atoms with van der Waals surface area (Å²) in [6, 6.07) is 1.45. The Labute approximate surface area is 142 Å². The van der Waals surface area contributed by atoms with E-state index in [-0.39, 0.29) is 17.5 Å². The highest BCUT2D eigenvalue weighted by molar-refractivity contribution is 5.37. The van der Waals surface area contributed by atoms with E-state index >= 15 is 0 Å². The summed E-state index contributed by atoms with van der Waals surface area (Å²) in [6.07, 6.45) is 2.79. The third-order valence-electron chi connectivity index (χ3n) is 4.21. The predicted octanol–water partition coefficient (Wildman–Crippen LogP) is 1.77. The average Bonchev–Trinajstić information content (AvgIpc) is 2.61. The van der Waals surface area contributed by atoms with Crippen molar-refractivity contribution >= 4 is 5.82 Å². The summed E-state index contributed by atoms with van der Waals surface area (Å²) >= 11 is 0. The van der Waals surface area contributed by atoms with Gasteiger partial charge in [-0.3, -0.25) is 4.79 Å². The lowest BCUT2D eigenvalue weighted by molar-refractivity contribution is 0.489. The summed E-state index contributed by atoms with van der Waals surface area (Å²) in [5, 5.41) is 3.21. The minimum absolute atomic E-state index is 0.130. The van der Waals surface area contributed by atoms with E-state index in [0.29, 0.717) is 43.5 Å². The maximum Gasteiger partial charge on any atom is 0.290 e. The van der Waals surface area contributed by atoms with Gasteiger partial charge in [0.1, 0.15) is 5.82 Å². The van der Waals surface area contributed by atoms with Gasteiger partial charge in [0, 0.05) is 38.4 Å². The lowest BCUT2D eigenvalue weighted by Crippen LogP contribution is -2.46. The van der Waals surface area contributed by atoms with Crippen LogP contribution < -0.4 is 15.8 Å². The van der Waals surface area contributed by atoms with Crippen LogP contribution >= 0.6 is 0 Å². The zero-order chi connectivity index (χ0) is 17.8. The van der Waals surface area contributed by atoms with E-state index in [9.17, 15) is 18.0 Å². The van der Waals surface area contributed by atoms with Crippen LogP contribution in [0.4, 0.5) is 19.0 Å². The Morgan fingerprint density at radius 1 is 1.04 bits per heavy atom. The molecule has 25 heavy (non-hydrogen) atoms. The molecule has 0 bridgehead atoms. The van der Waals surface area contributed by atoms with E-state index in [1.165, 1.54) is 6.20 Å². The quantitative estimate of drug-likeness (QED) is 0.806. The Morgan fingerprint density at radius 3 is 2.52 bits per heavy atom. The number of halogens is 3. The van der Waals surface area contributed by atoms with Crippen molar-refractivity contribution in [2.75, 3.05) is 31.1 Å². The number of nitrogens with zero attached hydrogens (tertiary/aromatic N) is 2. The van der Waals surface area contributed by atoms with Gasteiger partial charge in [0.2, 0.25) is 0 Å². The fourth-order valence-electron chi connectivity index (χ4n) is 2.87. The molecule has 0 unspecified atom stereocenters. The summed E-state index contributed by atoms with van der Waals surface area (Å²) < 4.78 is 39.8. The molecule has 1 aromatic carbocycles. The molecule has 2 heterocycles. The van der Waals surface area contributed by atoms with Crippen molar-refractivity contribution in [1.29, 1.82) is 0 Å². The van der Waals surface area contributed by atoms with Crippen molar-refractivity contribution in [3.63, 3.8) is 0 Å². The topological polar surface area (TPSA) is 61.0 Å². The first-order valence-corrected chi connectivity index (χ1v) is 8.22. The lowest BCUT2D eigenvalue weighted by Gasteiger charge is -2.27. The predicted molar refractivity (Wildman–Crippen MR) is 88.3 cm³/mol. The van der Waals surface area contributed by atoms with Crippen molar-refractivity contribution in [2.24, 2.45) is 0 Å². The standard InChI is InChI=1S/C17H19F3N4O/c18-13-9-15(20)14(19)8-11(13)2-1-3-12-10-22-17(25)16(23-12)24-6-4-21-5-7-24/h8-10,21H,1-7H2,(H,22,25). The van der Waals surface area contributed by atoms with Gasteiger partial charge in [0.15, 0.2) is 17.5 Å². The summed E-state index contributed by atoms with van der Waals surface area (Å²) in [5.41, 5.74) is 0.569. The van der Waals surface area contributed by atoms with Gasteiger partial charge in [-0.15, -0.1) is 0 Å². The highest BCUT2D eigenvalue weighted by atomic mass is 19.2. The number of hydrogen-bond acceptors (Lipinski definition) is 4. The molecule has 1 saturated heterocycles. The number of rotatable bonds is 5. The van der Waals surface area contributed by atoms with Gasteiger partial charge in [-0.2, -0.15) is 0 Å². The number of aromatic amines is 1. The Morgan fingerprint density at radius 2 is 1.76 bits per heavy atom. The first-order valence-electron chi connectivity index (χ1n) is 8.22. The minimum Gasteiger partial charge on any atom is -0.349 e. The zero-order valence-electron chi connectivity index (χ0n) is 13.6. The van der Waals surface area contributed by atoms with E-state index in [1.807, 2.05) is 4.90 Å². The van der Waals surface area contributed by atoms with Gasteiger partial charge in [0.05, 0.1) is 5.69 Å². The number of aryl methyl sites for hydroxylation is 2. The second-order valence-corrected chi connectivity index (χ2v) is 5.99. The highest BCUT2D eigenvalue weighted by Gasteiger charge is 2.16. The average molecular weight is 352 g/mol.